The predicted octanol–water partition coefficient (Wildman–Crippen LogP) is 2.98. The third-order valence-corrected chi connectivity index (χ3v) is 5.43. The molecule has 1 aromatic rings. The molecule has 0 aliphatic carbocycles. The molecule has 0 atom stereocenters. The summed E-state index contributed by atoms with van der Waals surface area (Å²) < 4.78 is 5.44. The van der Waals surface area contributed by atoms with E-state index in [2.05, 4.69) is 29.2 Å². The summed E-state index contributed by atoms with van der Waals surface area (Å²) in [4.78, 5) is 31.2. The molecule has 0 aromatic heterocycles. The first-order valence-electron chi connectivity index (χ1n) is 10.3. The third kappa shape index (κ3) is 5.71. The topological polar surface area (TPSA) is 53.1 Å². The Morgan fingerprint density at radius 1 is 0.929 bits per heavy atom. The predicted molar refractivity (Wildman–Crippen MR) is 109 cm³/mol. The molecule has 0 bridgehead atoms. The number of amides is 2. The Balaban J connectivity index is 1.42. The van der Waals surface area contributed by atoms with Gasteiger partial charge in [-0.05, 0) is 39.2 Å². The van der Waals surface area contributed by atoms with E-state index in [0.717, 1.165) is 45.6 Å². The molecule has 2 aliphatic heterocycles. The summed E-state index contributed by atoms with van der Waals surface area (Å²) in [7, 11) is 0. The van der Waals surface area contributed by atoms with E-state index in [1.807, 2.05) is 31.7 Å². The zero-order valence-corrected chi connectivity index (χ0v) is 17.4. The lowest BCUT2D eigenvalue weighted by Gasteiger charge is -2.38. The highest BCUT2D eigenvalue weighted by molar-refractivity contribution is 5.79. The molecule has 1 aromatic carbocycles. The Morgan fingerprint density at radius 3 is 2.11 bits per heavy atom. The van der Waals surface area contributed by atoms with Gasteiger partial charge in [-0.3, -0.25) is 9.69 Å². The van der Waals surface area contributed by atoms with Gasteiger partial charge in [0.05, 0.1) is 0 Å². The van der Waals surface area contributed by atoms with E-state index >= 15 is 0 Å². The molecule has 0 unspecified atom stereocenters. The smallest absolute Gasteiger partial charge is 0.410 e. The van der Waals surface area contributed by atoms with Crippen LogP contribution in [0.1, 0.15) is 39.2 Å². The number of hydrogen-bond acceptors (Lipinski definition) is 4. The molecule has 0 radical (unpaired) electrons. The van der Waals surface area contributed by atoms with E-state index in [0.29, 0.717) is 13.1 Å². The third-order valence-electron chi connectivity index (χ3n) is 5.43. The normalized spacial score (nSPS) is 19.5. The number of ether oxygens (including phenoxy) is 1. The Labute approximate surface area is 168 Å². The second kappa shape index (κ2) is 8.95. The number of piperazine rings is 1. The second-order valence-corrected chi connectivity index (χ2v) is 8.83. The summed E-state index contributed by atoms with van der Waals surface area (Å²) in [5, 5.41) is 0. The van der Waals surface area contributed by atoms with Crippen LogP contribution in [-0.2, 0) is 16.1 Å². The maximum absolute atomic E-state index is 12.9. The van der Waals surface area contributed by atoms with Crippen LogP contribution in [0.5, 0.6) is 0 Å². The first-order chi connectivity index (χ1) is 13.3. The SMILES string of the molecule is CC(C)(C)OC(=O)N1CCC(C(=O)N2CCN(Cc3ccccc3)CC2)CC1. The molecule has 28 heavy (non-hydrogen) atoms. The summed E-state index contributed by atoms with van der Waals surface area (Å²) in [5.41, 5.74) is 0.834. The zero-order valence-electron chi connectivity index (χ0n) is 17.4. The molecule has 2 amide bonds. The molecule has 0 spiro atoms. The number of piperidine rings is 1. The lowest BCUT2D eigenvalue weighted by atomic mass is 9.95. The van der Waals surface area contributed by atoms with Gasteiger partial charge in [0, 0.05) is 51.7 Å². The van der Waals surface area contributed by atoms with Gasteiger partial charge in [-0.25, -0.2) is 4.79 Å². The minimum Gasteiger partial charge on any atom is -0.444 e. The monoisotopic (exact) mass is 387 g/mol. The van der Waals surface area contributed by atoms with Gasteiger partial charge in [0.15, 0.2) is 0 Å². The average Bonchev–Trinajstić information content (AvgIpc) is 2.68. The van der Waals surface area contributed by atoms with Crippen molar-refractivity contribution in [2.24, 2.45) is 5.92 Å². The fraction of sp³-hybridized carbons (Fsp3) is 0.636. The van der Waals surface area contributed by atoms with Gasteiger partial charge in [-0.1, -0.05) is 30.3 Å². The van der Waals surface area contributed by atoms with E-state index in [9.17, 15) is 9.59 Å². The van der Waals surface area contributed by atoms with Crippen molar-refractivity contribution >= 4 is 12.0 Å². The minimum absolute atomic E-state index is 0.0272. The highest BCUT2D eigenvalue weighted by Gasteiger charge is 2.33. The van der Waals surface area contributed by atoms with Crippen molar-refractivity contribution in [2.45, 2.75) is 45.8 Å². The van der Waals surface area contributed by atoms with E-state index in [1.165, 1.54) is 5.56 Å². The van der Waals surface area contributed by atoms with Crippen molar-refractivity contribution < 1.29 is 14.3 Å². The fourth-order valence-electron chi connectivity index (χ4n) is 3.86. The number of hydrogen-bond donors (Lipinski definition) is 0. The van der Waals surface area contributed by atoms with Crippen LogP contribution >= 0.6 is 0 Å². The van der Waals surface area contributed by atoms with Gasteiger partial charge >= 0.3 is 6.09 Å². The molecule has 2 fully saturated rings. The van der Waals surface area contributed by atoms with E-state index in [-0.39, 0.29) is 17.9 Å². The Bertz CT molecular complexity index is 655. The Kier molecular flexibility index (Phi) is 6.60. The van der Waals surface area contributed by atoms with Crippen molar-refractivity contribution in [1.29, 1.82) is 0 Å². The van der Waals surface area contributed by atoms with E-state index < -0.39 is 5.60 Å². The number of rotatable bonds is 3. The standard InChI is InChI=1S/C22H33N3O3/c1-22(2,3)28-21(27)25-11-9-19(10-12-25)20(26)24-15-13-23(14-16-24)17-18-7-5-4-6-8-18/h4-8,19H,9-17H2,1-3H3. The van der Waals surface area contributed by atoms with Crippen LogP contribution in [-0.4, -0.2) is 71.6 Å². The minimum atomic E-state index is -0.483. The Morgan fingerprint density at radius 2 is 1.54 bits per heavy atom. The Hall–Kier alpha value is -2.08. The second-order valence-electron chi connectivity index (χ2n) is 8.83. The van der Waals surface area contributed by atoms with Gasteiger partial charge in [0.2, 0.25) is 5.91 Å². The van der Waals surface area contributed by atoms with Gasteiger partial charge in [-0.2, -0.15) is 0 Å². The number of nitrogens with zero attached hydrogens (tertiary/aromatic N) is 3. The molecule has 2 saturated heterocycles. The van der Waals surface area contributed by atoms with Crippen LogP contribution in [0.2, 0.25) is 0 Å². The first-order valence-corrected chi connectivity index (χ1v) is 10.3. The molecule has 2 heterocycles. The summed E-state index contributed by atoms with van der Waals surface area (Å²) in [6.07, 6.45) is 1.18. The zero-order chi connectivity index (χ0) is 20.1. The van der Waals surface area contributed by atoms with Crippen LogP contribution in [0.4, 0.5) is 4.79 Å². The van der Waals surface area contributed by atoms with Gasteiger partial charge in [0.25, 0.3) is 0 Å². The number of likely N-dealkylation sites (tertiary alicyclic amines) is 1. The molecular weight excluding hydrogens is 354 g/mol. The van der Waals surface area contributed by atoms with Crippen LogP contribution in [0.3, 0.4) is 0 Å². The van der Waals surface area contributed by atoms with Crippen LogP contribution < -0.4 is 0 Å². The molecule has 3 rings (SSSR count). The van der Waals surface area contributed by atoms with Crippen molar-refractivity contribution in [1.82, 2.24) is 14.7 Å². The molecule has 6 heteroatoms. The van der Waals surface area contributed by atoms with Gasteiger partial charge < -0.3 is 14.5 Å². The summed E-state index contributed by atoms with van der Waals surface area (Å²) in [5.74, 6) is 0.280. The molecular formula is C22H33N3O3. The van der Waals surface area contributed by atoms with Gasteiger partial charge in [-0.15, -0.1) is 0 Å². The van der Waals surface area contributed by atoms with Crippen molar-refractivity contribution in [3.8, 4) is 0 Å². The van der Waals surface area contributed by atoms with E-state index in [4.69, 9.17) is 4.74 Å². The lowest BCUT2D eigenvalue weighted by molar-refractivity contribution is -0.139. The number of carbonyl (C=O) groups is 2. The van der Waals surface area contributed by atoms with Crippen molar-refractivity contribution in [3.63, 3.8) is 0 Å². The van der Waals surface area contributed by atoms with Crippen LogP contribution in [0, 0.1) is 5.92 Å². The lowest BCUT2D eigenvalue weighted by Crippen LogP contribution is -2.51. The molecule has 6 nitrogen and oxygen atoms in total. The number of benzene rings is 1. The van der Waals surface area contributed by atoms with Crippen molar-refractivity contribution in [3.05, 3.63) is 35.9 Å². The summed E-state index contributed by atoms with van der Waals surface area (Å²) >= 11 is 0. The van der Waals surface area contributed by atoms with Crippen molar-refractivity contribution in [2.75, 3.05) is 39.3 Å². The molecule has 2 aliphatic rings. The maximum Gasteiger partial charge on any atom is 0.410 e. The van der Waals surface area contributed by atoms with Crippen LogP contribution in [0.15, 0.2) is 30.3 Å². The number of carbonyl (C=O) groups excluding carboxylic acids is 2. The molecule has 0 saturated carbocycles. The first kappa shape index (κ1) is 20.6. The van der Waals surface area contributed by atoms with E-state index in [1.54, 1.807) is 4.90 Å². The molecule has 0 N–H and O–H groups in total. The maximum atomic E-state index is 12.9. The summed E-state index contributed by atoms with van der Waals surface area (Å²) in [6.45, 7) is 11.2. The quantitative estimate of drug-likeness (QED) is 0.800. The summed E-state index contributed by atoms with van der Waals surface area (Å²) in [6, 6.07) is 10.5. The molecule has 154 valence electrons. The van der Waals surface area contributed by atoms with Crippen LogP contribution in [0.25, 0.3) is 0 Å². The van der Waals surface area contributed by atoms with Gasteiger partial charge in [0.1, 0.15) is 5.60 Å². The highest BCUT2D eigenvalue weighted by atomic mass is 16.6. The average molecular weight is 388 g/mol. The largest absolute Gasteiger partial charge is 0.444 e. The fourth-order valence-corrected chi connectivity index (χ4v) is 3.86. The highest BCUT2D eigenvalue weighted by Crippen LogP contribution is 2.22.